The predicted molar refractivity (Wildman–Crippen MR) is 96.7 cm³/mol. The molecular weight excluding hydrogens is 338 g/mol. The van der Waals surface area contributed by atoms with Gasteiger partial charge in [-0.15, -0.1) is 0 Å². The van der Waals surface area contributed by atoms with Crippen LogP contribution in [-0.2, 0) is 14.2 Å². The van der Waals surface area contributed by atoms with Crippen LogP contribution in [0.25, 0.3) is 0 Å². The van der Waals surface area contributed by atoms with E-state index in [1.165, 1.54) is 6.42 Å². The maximum absolute atomic E-state index is 12.3. The number of carbonyl (C=O) groups is 1. The molecule has 1 amide bonds. The lowest BCUT2D eigenvalue weighted by Gasteiger charge is -2.48. The zero-order chi connectivity index (χ0) is 19.0. The molecular formula is C19H35NO6. The molecule has 2 aliphatic heterocycles. The summed E-state index contributed by atoms with van der Waals surface area (Å²) in [5, 5.41) is 18.9. The Hall–Kier alpha value is -0.890. The molecule has 152 valence electrons. The molecule has 2 N–H and O–H groups in total. The first kappa shape index (κ1) is 21.4. The van der Waals surface area contributed by atoms with E-state index in [0.717, 1.165) is 19.3 Å². The van der Waals surface area contributed by atoms with Gasteiger partial charge in [0.25, 0.3) is 0 Å². The Morgan fingerprint density at radius 2 is 1.77 bits per heavy atom. The van der Waals surface area contributed by atoms with E-state index in [1.54, 1.807) is 4.90 Å². The van der Waals surface area contributed by atoms with E-state index in [0.29, 0.717) is 38.5 Å². The smallest absolute Gasteiger partial charge is 0.409 e. The summed E-state index contributed by atoms with van der Waals surface area (Å²) in [4.78, 5) is 14.0. The average molecular weight is 373 g/mol. The number of hydrogen-bond acceptors (Lipinski definition) is 6. The number of piperidine rings is 1. The fourth-order valence-electron chi connectivity index (χ4n) is 3.38. The summed E-state index contributed by atoms with van der Waals surface area (Å²) in [6, 6.07) is 0. The third-order valence-electron chi connectivity index (χ3n) is 5.72. The number of rotatable bonds is 8. The van der Waals surface area contributed by atoms with Gasteiger partial charge in [-0.05, 0) is 12.3 Å². The predicted octanol–water partition coefficient (Wildman–Crippen LogP) is 2.15. The van der Waals surface area contributed by atoms with E-state index in [4.69, 9.17) is 14.2 Å². The van der Waals surface area contributed by atoms with Gasteiger partial charge in [0.2, 0.25) is 0 Å². The Labute approximate surface area is 156 Å². The van der Waals surface area contributed by atoms with Crippen molar-refractivity contribution in [3.8, 4) is 0 Å². The fraction of sp³-hybridized carbons (Fsp3) is 0.947. The van der Waals surface area contributed by atoms with Crippen LogP contribution in [0, 0.1) is 11.3 Å². The molecule has 7 heteroatoms. The number of unbranched alkanes of at least 4 members (excludes halogenated alkanes) is 1. The van der Waals surface area contributed by atoms with E-state index in [1.807, 2.05) is 0 Å². The number of likely N-dealkylation sites (tertiary alicyclic amines) is 1. The molecule has 0 bridgehead atoms. The lowest BCUT2D eigenvalue weighted by Crippen LogP contribution is -2.57. The summed E-state index contributed by atoms with van der Waals surface area (Å²) in [5.74, 6) is -0.275. The van der Waals surface area contributed by atoms with Gasteiger partial charge in [-0.3, -0.25) is 0 Å². The second-order valence-corrected chi connectivity index (χ2v) is 7.78. The first-order valence-electron chi connectivity index (χ1n) is 9.93. The summed E-state index contributed by atoms with van der Waals surface area (Å²) in [6.45, 7) is 6.02. The SMILES string of the molecule is CCCCC(CC)COC(=O)N1CCC2(CC1)OCC(CO)(CO)CO2. The maximum Gasteiger partial charge on any atom is 0.409 e. The quantitative estimate of drug-likeness (QED) is 0.678. The van der Waals surface area contributed by atoms with Crippen LogP contribution in [0.15, 0.2) is 0 Å². The van der Waals surface area contributed by atoms with Crippen molar-refractivity contribution in [3.63, 3.8) is 0 Å². The largest absolute Gasteiger partial charge is 0.449 e. The van der Waals surface area contributed by atoms with Gasteiger partial charge in [0.15, 0.2) is 5.79 Å². The van der Waals surface area contributed by atoms with Gasteiger partial charge in [-0.1, -0.05) is 33.1 Å². The standard InChI is InChI=1S/C19H35NO6/c1-3-5-6-16(4-2)11-24-17(23)20-9-7-19(8-10-20)25-14-18(12-21,13-22)15-26-19/h16,21-22H,3-15H2,1-2H3. The van der Waals surface area contributed by atoms with Crippen molar-refractivity contribution in [2.24, 2.45) is 11.3 Å². The van der Waals surface area contributed by atoms with Gasteiger partial charge >= 0.3 is 6.09 Å². The summed E-state index contributed by atoms with van der Waals surface area (Å²) in [7, 11) is 0. The monoisotopic (exact) mass is 373 g/mol. The van der Waals surface area contributed by atoms with Crippen LogP contribution < -0.4 is 0 Å². The highest BCUT2D eigenvalue weighted by Crippen LogP contribution is 2.36. The highest BCUT2D eigenvalue weighted by molar-refractivity contribution is 5.67. The van der Waals surface area contributed by atoms with Crippen LogP contribution in [0.5, 0.6) is 0 Å². The van der Waals surface area contributed by atoms with Crippen molar-refractivity contribution in [2.45, 2.75) is 58.2 Å². The Balaban J connectivity index is 1.75. The fourth-order valence-corrected chi connectivity index (χ4v) is 3.38. The van der Waals surface area contributed by atoms with Crippen LogP contribution in [-0.4, -0.2) is 73.1 Å². The van der Waals surface area contributed by atoms with Gasteiger partial charge in [0.05, 0.1) is 38.4 Å². The lowest BCUT2D eigenvalue weighted by molar-refractivity contribution is -0.324. The normalized spacial score (nSPS) is 23.0. The van der Waals surface area contributed by atoms with E-state index < -0.39 is 11.2 Å². The van der Waals surface area contributed by atoms with Crippen LogP contribution >= 0.6 is 0 Å². The van der Waals surface area contributed by atoms with Crippen molar-refractivity contribution in [3.05, 3.63) is 0 Å². The zero-order valence-electron chi connectivity index (χ0n) is 16.2. The molecule has 26 heavy (non-hydrogen) atoms. The molecule has 2 heterocycles. The minimum Gasteiger partial charge on any atom is -0.449 e. The number of aliphatic hydroxyl groups excluding tert-OH is 2. The zero-order valence-corrected chi connectivity index (χ0v) is 16.2. The number of ether oxygens (including phenoxy) is 3. The second kappa shape index (κ2) is 9.88. The molecule has 0 radical (unpaired) electrons. The van der Waals surface area contributed by atoms with Crippen LogP contribution in [0.1, 0.15) is 52.4 Å². The van der Waals surface area contributed by atoms with Gasteiger partial charge in [-0.2, -0.15) is 0 Å². The maximum atomic E-state index is 12.3. The van der Waals surface area contributed by atoms with Crippen LogP contribution in [0.4, 0.5) is 4.79 Å². The molecule has 2 aliphatic rings. The average Bonchev–Trinajstić information content (AvgIpc) is 2.69. The van der Waals surface area contributed by atoms with Crippen molar-refractivity contribution >= 4 is 6.09 Å². The first-order valence-corrected chi connectivity index (χ1v) is 9.93. The van der Waals surface area contributed by atoms with E-state index in [9.17, 15) is 15.0 Å². The van der Waals surface area contributed by atoms with Crippen molar-refractivity contribution < 1.29 is 29.2 Å². The Bertz CT molecular complexity index is 420. The van der Waals surface area contributed by atoms with E-state index >= 15 is 0 Å². The molecule has 2 saturated heterocycles. The number of aliphatic hydroxyl groups is 2. The Kier molecular flexibility index (Phi) is 8.13. The third-order valence-corrected chi connectivity index (χ3v) is 5.72. The first-order chi connectivity index (χ1) is 12.5. The molecule has 0 aliphatic carbocycles. The molecule has 2 fully saturated rings. The van der Waals surface area contributed by atoms with Crippen molar-refractivity contribution in [1.82, 2.24) is 4.90 Å². The third kappa shape index (κ3) is 5.31. The summed E-state index contributed by atoms with van der Waals surface area (Å²) in [6.07, 6.45) is 5.33. The molecule has 0 aromatic heterocycles. The second-order valence-electron chi connectivity index (χ2n) is 7.78. The molecule has 0 aromatic rings. The minimum absolute atomic E-state index is 0.172. The number of hydrogen-bond donors (Lipinski definition) is 2. The lowest BCUT2D eigenvalue weighted by atomic mass is 9.90. The summed E-state index contributed by atoms with van der Waals surface area (Å²) >= 11 is 0. The van der Waals surface area contributed by atoms with Gasteiger partial charge < -0.3 is 29.3 Å². The van der Waals surface area contributed by atoms with E-state index in [2.05, 4.69) is 13.8 Å². The molecule has 1 spiro atoms. The molecule has 2 rings (SSSR count). The number of nitrogens with zero attached hydrogens (tertiary/aromatic N) is 1. The minimum atomic E-state index is -0.727. The summed E-state index contributed by atoms with van der Waals surface area (Å²) in [5.41, 5.74) is -0.727. The van der Waals surface area contributed by atoms with Gasteiger partial charge in [0, 0.05) is 25.9 Å². The molecule has 7 nitrogen and oxygen atoms in total. The van der Waals surface area contributed by atoms with E-state index in [-0.39, 0.29) is 32.5 Å². The molecule has 1 atom stereocenters. The highest BCUT2D eigenvalue weighted by atomic mass is 16.7. The molecule has 0 aromatic carbocycles. The van der Waals surface area contributed by atoms with Crippen LogP contribution in [0.3, 0.4) is 0 Å². The molecule has 1 unspecified atom stereocenters. The topological polar surface area (TPSA) is 88.5 Å². The van der Waals surface area contributed by atoms with Crippen molar-refractivity contribution in [2.75, 3.05) is 46.1 Å². The molecule has 0 saturated carbocycles. The highest BCUT2D eigenvalue weighted by Gasteiger charge is 2.46. The van der Waals surface area contributed by atoms with Gasteiger partial charge in [0.1, 0.15) is 0 Å². The summed E-state index contributed by atoms with van der Waals surface area (Å²) < 4.78 is 17.3. The number of carbonyl (C=O) groups excluding carboxylic acids is 1. The van der Waals surface area contributed by atoms with Crippen molar-refractivity contribution in [1.29, 1.82) is 0 Å². The number of amides is 1. The Morgan fingerprint density at radius 1 is 1.15 bits per heavy atom. The van der Waals surface area contributed by atoms with Gasteiger partial charge in [-0.25, -0.2) is 4.79 Å². The van der Waals surface area contributed by atoms with Crippen LogP contribution in [0.2, 0.25) is 0 Å². The Morgan fingerprint density at radius 3 is 2.27 bits per heavy atom.